The Morgan fingerprint density at radius 3 is 2.63 bits per heavy atom. The first-order valence-corrected chi connectivity index (χ1v) is 7.90. The van der Waals surface area contributed by atoms with Gasteiger partial charge in [-0.05, 0) is 42.9 Å². The van der Waals surface area contributed by atoms with Gasteiger partial charge in [-0.3, -0.25) is 0 Å². The van der Waals surface area contributed by atoms with Crippen molar-refractivity contribution < 1.29 is 13.5 Å². The number of aliphatic hydroxyl groups is 1. The molecule has 5 nitrogen and oxygen atoms in total. The van der Waals surface area contributed by atoms with Crippen LogP contribution in [0.4, 0.5) is 5.69 Å². The molecular formula is C12H17ClN2O3S. The predicted octanol–water partition coefficient (Wildman–Crippen LogP) is 1.36. The van der Waals surface area contributed by atoms with Crippen LogP contribution in [0.25, 0.3) is 0 Å². The van der Waals surface area contributed by atoms with E-state index in [1.807, 2.05) is 0 Å². The van der Waals surface area contributed by atoms with Crippen molar-refractivity contribution in [3.63, 3.8) is 0 Å². The molecule has 1 fully saturated rings. The lowest BCUT2D eigenvalue weighted by atomic mass is 10.0. The van der Waals surface area contributed by atoms with Crippen LogP contribution in [0.1, 0.15) is 19.3 Å². The minimum absolute atomic E-state index is 0.0386. The summed E-state index contributed by atoms with van der Waals surface area (Å²) in [4.78, 5) is 0.0386. The van der Waals surface area contributed by atoms with Gasteiger partial charge in [0.05, 0.1) is 5.69 Å². The molecule has 0 amide bonds. The van der Waals surface area contributed by atoms with Crippen molar-refractivity contribution in [2.24, 2.45) is 5.41 Å². The first-order valence-electron chi connectivity index (χ1n) is 6.04. The standard InChI is InChI=1S/C12H17ClN2O3S/c13-9-1-2-11(10(14)7-9)19(17,18)15-8-12(3-4-12)5-6-16/h1-2,7,15-16H,3-6,8,14H2. The maximum atomic E-state index is 12.1. The smallest absolute Gasteiger partial charge is 0.242 e. The molecule has 106 valence electrons. The third-order valence-corrected chi connectivity index (χ3v) is 5.21. The molecule has 0 radical (unpaired) electrons. The fourth-order valence-electron chi connectivity index (χ4n) is 2.02. The lowest BCUT2D eigenvalue weighted by Gasteiger charge is -2.15. The van der Waals surface area contributed by atoms with E-state index in [2.05, 4.69) is 4.72 Å². The molecule has 4 N–H and O–H groups in total. The summed E-state index contributed by atoms with van der Waals surface area (Å²) in [6, 6.07) is 4.30. The molecule has 0 aliphatic heterocycles. The predicted molar refractivity (Wildman–Crippen MR) is 74.4 cm³/mol. The monoisotopic (exact) mass is 304 g/mol. The molecule has 0 heterocycles. The Morgan fingerprint density at radius 1 is 1.42 bits per heavy atom. The highest BCUT2D eigenvalue weighted by molar-refractivity contribution is 7.89. The van der Waals surface area contributed by atoms with E-state index in [1.54, 1.807) is 0 Å². The highest BCUT2D eigenvalue weighted by Gasteiger charge is 2.42. The largest absolute Gasteiger partial charge is 0.398 e. The van der Waals surface area contributed by atoms with Crippen LogP contribution in [-0.4, -0.2) is 26.7 Å². The Hall–Kier alpha value is -0.820. The van der Waals surface area contributed by atoms with Crippen LogP contribution in [0.15, 0.2) is 23.1 Å². The fraction of sp³-hybridized carbons (Fsp3) is 0.500. The molecule has 1 saturated carbocycles. The zero-order valence-electron chi connectivity index (χ0n) is 10.4. The number of nitrogens with one attached hydrogen (secondary N) is 1. The van der Waals surface area contributed by atoms with E-state index in [0.717, 1.165) is 12.8 Å². The maximum Gasteiger partial charge on any atom is 0.242 e. The van der Waals surface area contributed by atoms with Crippen molar-refractivity contribution in [2.75, 3.05) is 18.9 Å². The quantitative estimate of drug-likeness (QED) is 0.692. The molecule has 19 heavy (non-hydrogen) atoms. The average molecular weight is 305 g/mol. The normalized spacial score (nSPS) is 17.4. The van der Waals surface area contributed by atoms with Gasteiger partial charge in [-0.25, -0.2) is 13.1 Å². The number of nitrogen functional groups attached to an aromatic ring is 1. The second kappa shape index (κ2) is 5.28. The van der Waals surface area contributed by atoms with Crippen molar-refractivity contribution in [1.29, 1.82) is 0 Å². The number of rotatable bonds is 6. The maximum absolute atomic E-state index is 12.1. The van der Waals surface area contributed by atoms with Crippen LogP contribution in [0.3, 0.4) is 0 Å². The molecule has 0 saturated heterocycles. The summed E-state index contributed by atoms with van der Waals surface area (Å²) in [5.41, 5.74) is 5.73. The summed E-state index contributed by atoms with van der Waals surface area (Å²) < 4.78 is 26.9. The molecule has 1 aliphatic rings. The molecule has 0 unspecified atom stereocenters. The van der Waals surface area contributed by atoms with Crippen LogP contribution in [0.5, 0.6) is 0 Å². The molecule has 0 spiro atoms. The van der Waals surface area contributed by atoms with Gasteiger partial charge >= 0.3 is 0 Å². The number of sulfonamides is 1. The van der Waals surface area contributed by atoms with E-state index >= 15 is 0 Å². The van der Waals surface area contributed by atoms with E-state index < -0.39 is 10.0 Å². The second-order valence-electron chi connectivity index (χ2n) is 4.98. The van der Waals surface area contributed by atoms with Crippen LogP contribution in [-0.2, 0) is 10.0 Å². The van der Waals surface area contributed by atoms with Crippen LogP contribution < -0.4 is 10.5 Å². The summed E-state index contributed by atoms with van der Waals surface area (Å²) in [5.74, 6) is 0. The summed E-state index contributed by atoms with van der Waals surface area (Å²) in [5, 5.41) is 9.35. The van der Waals surface area contributed by atoms with Gasteiger partial charge in [0, 0.05) is 18.2 Å². The summed E-state index contributed by atoms with van der Waals surface area (Å²) in [7, 11) is -3.63. The third kappa shape index (κ3) is 3.39. The van der Waals surface area contributed by atoms with Gasteiger partial charge in [0.25, 0.3) is 0 Å². The molecule has 1 aliphatic carbocycles. The van der Waals surface area contributed by atoms with Gasteiger partial charge < -0.3 is 10.8 Å². The Balaban J connectivity index is 2.10. The molecule has 2 rings (SSSR count). The number of benzene rings is 1. The molecule has 0 bridgehead atoms. The summed E-state index contributed by atoms with van der Waals surface area (Å²) >= 11 is 5.74. The van der Waals surface area contributed by atoms with Crippen LogP contribution in [0.2, 0.25) is 5.02 Å². The SMILES string of the molecule is Nc1cc(Cl)ccc1S(=O)(=O)NCC1(CCO)CC1. The Kier molecular flexibility index (Phi) is 4.06. The molecule has 0 aromatic heterocycles. The Labute approximate surface area is 117 Å². The minimum atomic E-state index is -3.63. The number of nitrogens with two attached hydrogens (primary N) is 1. The molecule has 0 atom stereocenters. The van der Waals surface area contributed by atoms with Gasteiger partial charge in [0.2, 0.25) is 10.0 Å². The Morgan fingerprint density at radius 2 is 2.11 bits per heavy atom. The zero-order valence-corrected chi connectivity index (χ0v) is 12.0. The van der Waals surface area contributed by atoms with Crippen molar-refractivity contribution in [3.8, 4) is 0 Å². The lowest BCUT2D eigenvalue weighted by molar-refractivity contribution is 0.249. The zero-order chi connectivity index (χ0) is 14.1. The fourth-order valence-corrected chi connectivity index (χ4v) is 3.47. The number of aliphatic hydroxyl groups excluding tert-OH is 1. The molecular weight excluding hydrogens is 288 g/mol. The highest BCUT2D eigenvalue weighted by atomic mass is 35.5. The van der Waals surface area contributed by atoms with Gasteiger partial charge in [-0.15, -0.1) is 0 Å². The number of hydrogen-bond donors (Lipinski definition) is 3. The minimum Gasteiger partial charge on any atom is -0.398 e. The first-order chi connectivity index (χ1) is 8.88. The number of hydrogen-bond acceptors (Lipinski definition) is 4. The van der Waals surface area contributed by atoms with Gasteiger partial charge in [-0.2, -0.15) is 0 Å². The van der Waals surface area contributed by atoms with E-state index in [9.17, 15) is 8.42 Å². The highest BCUT2D eigenvalue weighted by Crippen LogP contribution is 2.48. The van der Waals surface area contributed by atoms with E-state index in [1.165, 1.54) is 18.2 Å². The molecule has 7 heteroatoms. The Bertz CT molecular complexity index is 570. The topological polar surface area (TPSA) is 92.4 Å². The molecule has 1 aromatic carbocycles. The summed E-state index contributed by atoms with van der Waals surface area (Å²) in [6.07, 6.45) is 2.49. The number of anilines is 1. The van der Waals surface area contributed by atoms with Gasteiger partial charge in [0.15, 0.2) is 0 Å². The van der Waals surface area contributed by atoms with Gasteiger partial charge in [-0.1, -0.05) is 11.6 Å². The first kappa shape index (κ1) is 14.6. The third-order valence-electron chi connectivity index (χ3n) is 3.50. The van der Waals surface area contributed by atoms with E-state index in [-0.39, 0.29) is 22.6 Å². The number of halogens is 1. The van der Waals surface area contributed by atoms with Crippen LogP contribution >= 0.6 is 11.6 Å². The molecule has 1 aromatic rings. The van der Waals surface area contributed by atoms with Crippen molar-refractivity contribution in [2.45, 2.75) is 24.2 Å². The van der Waals surface area contributed by atoms with Gasteiger partial charge in [0.1, 0.15) is 4.90 Å². The van der Waals surface area contributed by atoms with Crippen molar-refractivity contribution in [1.82, 2.24) is 4.72 Å². The van der Waals surface area contributed by atoms with Crippen molar-refractivity contribution >= 4 is 27.3 Å². The van der Waals surface area contributed by atoms with Crippen LogP contribution in [0, 0.1) is 5.41 Å². The second-order valence-corrected chi connectivity index (χ2v) is 7.15. The van der Waals surface area contributed by atoms with Crippen molar-refractivity contribution in [3.05, 3.63) is 23.2 Å². The summed E-state index contributed by atoms with van der Waals surface area (Å²) in [6.45, 7) is 0.406. The lowest BCUT2D eigenvalue weighted by Crippen LogP contribution is -2.31. The van der Waals surface area contributed by atoms with E-state index in [0.29, 0.717) is 18.0 Å². The average Bonchev–Trinajstić information content (AvgIpc) is 3.07. The van der Waals surface area contributed by atoms with E-state index in [4.69, 9.17) is 22.4 Å².